The van der Waals surface area contributed by atoms with Crippen LogP contribution in [0.1, 0.15) is 38.2 Å². The topological polar surface area (TPSA) is 65.5 Å². The number of aliphatic hydroxyl groups is 1. The molecule has 1 aromatic carbocycles. The molecule has 1 saturated heterocycles. The van der Waals surface area contributed by atoms with Crippen molar-refractivity contribution in [3.8, 4) is 0 Å². The summed E-state index contributed by atoms with van der Waals surface area (Å²) in [5.74, 6) is 0.858. The molecule has 1 aliphatic rings. The van der Waals surface area contributed by atoms with Gasteiger partial charge in [0.25, 0.3) is 0 Å². The Kier molecular flexibility index (Phi) is 5.30. The van der Waals surface area contributed by atoms with E-state index < -0.39 is 0 Å². The van der Waals surface area contributed by atoms with E-state index in [4.69, 9.17) is 0 Å². The van der Waals surface area contributed by atoms with Gasteiger partial charge < -0.3 is 15.3 Å². The fourth-order valence-corrected chi connectivity index (χ4v) is 3.33. The zero-order valence-corrected chi connectivity index (χ0v) is 14.2. The molecule has 0 unspecified atom stereocenters. The van der Waals surface area contributed by atoms with Crippen molar-refractivity contribution < 1.29 is 9.90 Å². The molecule has 1 amide bonds. The molecule has 1 fully saturated rings. The van der Waals surface area contributed by atoms with Crippen LogP contribution in [0.2, 0.25) is 0 Å². The Morgan fingerprint density at radius 3 is 3.00 bits per heavy atom. The number of aromatic nitrogens is 1. The molecule has 0 bridgehead atoms. The molecule has 5 nitrogen and oxygen atoms in total. The minimum Gasteiger partial charge on any atom is -0.392 e. The molecule has 24 heavy (non-hydrogen) atoms. The van der Waals surface area contributed by atoms with Gasteiger partial charge in [0.15, 0.2) is 0 Å². The van der Waals surface area contributed by atoms with E-state index in [1.165, 1.54) is 6.42 Å². The maximum atomic E-state index is 12.4. The Morgan fingerprint density at radius 1 is 1.38 bits per heavy atom. The zero-order valence-electron chi connectivity index (χ0n) is 14.2. The minimum absolute atomic E-state index is 0.0721. The van der Waals surface area contributed by atoms with E-state index in [1.54, 1.807) is 0 Å². The first-order chi connectivity index (χ1) is 11.7. The number of fused-ring (bicyclic) bond motifs is 1. The number of piperidine rings is 1. The SMILES string of the molecule is C[C@@H]1CCCCN1C(=O)CCNc1nc2ccccc2cc1CO. The fraction of sp³-hybridized carbons (Fsp3) is 0.474. The van der Waals surface area contributed by atoms with Crippen molar-refractivity contribution in [2.45, 2.75) is 45.3 Å². The summed E-state index contributed by atoms with van der Waals surface area (Å²) < 4.78 is 0. The highest BCUT2D eigenvalue weighted by molar-refractivity contribution is 5.82. The van der Waals surface area contributed by atoms with Gasteiger partial charge in [-0.2, -0.15) is 0 Å². The number of carbonyl (C=O) groups excluding carboxylic acids is 1. The number of rotatable bonds is 5. The number of nitrogens with one attached hydrogen (secondary N) is 1. The Bertz CT molecular complexity index is 717. The lowest BCUT2D eigenvalue weighted by Crippen LogP contribution is -2.42. The first-order valence-corrected chi connectivity index (χ1v) is 8.72. The van der Waals surface area contributed by atoms with Gasteiger partial charge in [0.1, 0.15) is 5.82 Å². The number of hydrogen-bond acceptors (Lipinski definition) is 4. The van der Waals surface area contributed by atoms with E-state index >= 15 is 0 Å². The van der Waals surface area contributed by atoms with Gasteiger partial charge in [-0.3, -0.25) is 4.79 Å². The predicted octanol–water partition coefficient (Wildman–Crippen LogP) is 2.93. The van der Waals surface area contributed by atoms with E-state index in [0.717, 1.165) is 35.9 Å². The van der Waals surface area contributed by atoms with Crippen molar-refractivity contribution >= 4 is 22.6 Å². The van der Waals surface area contributed by atoms with Crippen molar-refractivity contribution in [3.63, 3.8) is 0 Å². The smallest absolute Gasteiger partial charge is 0.224 e. The van der Waals surface area contributed by atoms with E-state index in [2.05, 4.69) is 17.2 Å². The number of amides is 1. The molecule has 128 valence electrons. The largest absolute Gasteiger partial charge is 0.392 e. The number of anilines is 1. The molecule has 2 aromatic rings. The van der Waals surface area contributed by atoms with Crippen LogP contribution in [0, 0.1) is 0 Å². The number of pyridine rings is 1. The fourth-order valence-electron chi connectivity index (χ4n) is 3.33. The molecule has 5 heteroatoms. The highest BCUT2D eigenvalue weighted by Crippen LogP contribution is 2.21. The normalized spacial score (nSPS) is 17.9. The van der Waals surface area contributed by atoms with Crippen molar-refractivity contribution in [1.29, 1.82) is 0 Å². The molecule has 0 spiro atoms. The Balaban J connectivity index is 1.63. The van der Waals surface area contributed by atoms with Crippen LogP contribution in [-0.4, -0.2) is 40.0 Å². The standard InChI is InChI=1S/C19H25N3O2/c1-14-6-4-5-11-22(14)18(24)9-10-20-19-16(13-23)12-15-7-2-3-8-17(15)21-19/h2-3,7-8,12,14,23H,4-6,9-11,13H2,1H3,(H,20,21)/t14-/m1/s1. The second kappa shape index (κ2) is 7.62. The molecule has 2 heterocycles. The summed E-state index contributed by atoms with van der Waals surface area (Å²) in [5, 5.41) is 13.8. The average molecular weight is 327 g/mol. The molecule has 0 aliphatic carbocycles. The molecule has 0 radical (unpaired) electrons. The predicted molar refractivity (Wildman–Crippen MR) is 95.8 cm³/mol. The summed E-state index contributed by atoms with van der Waals surface area (Å²) in [4.78, 5) is 18.9. The van der Waals surface area contributed by atoms with Crippen molar-refractivity contribution in [2.75, 3.05) is 18.4 Å². The van der Waals surface area contributed by atoms with Crippen LogP contribution in [0.15, 0.2) is 30.3 Å². The lowest BCUT2D eigenvalue weighted by Gasteiger charge is -2.33. The van der Waals surface area contributed by atoms with Crippen molar-refractivity contribution in [3.05, 3.63) is 35.9 Å². The first kappa shape index (κ1) is 16.7. The van der Waals surface area contributed by atoms with E-state index in [9.17, 15) is 9.90 Å². The Hall–Kier alpha value is -2.14. The molecular formula is C19H25N3O2. The van der Waals surface area contributed by atoms with Gasteiger partial charge in [0.05, 0.1) is 12.1 Å². The third-order valence-electron chi connectivity index (χ3n) is 4.73. The van der Waals surface area contributed by atoms with Gasteiger partial charge in [0.2, 0.25) is 5.91 Å². The number of benzene rings is 1. The molecule has 0 saturated carbocycles. The number of carbonyl (C=O) groups is 1. The number of hydrogen-bond donors (Lipinski definition) is 2. The van der Waals surface area contributed by atoms with Crippen LogP contribution in [0.5, 0.6) is 0 Å². The van der Waals surface area contributed by atoms with Gasteiger partial charge >= 0.3 is 0 Å². The minimum atomic E-state index is -0.0721. The highest BCUT2D eigenvalue weighted by Gasteiger charge is 2.22. The highest BCUT2D eigenvalue weighted by atomic mass is 16.3. The third-order valence-corrected chi connectivity index (χ3v) is 4.73. The lowest BCUT2D eigenvalue weighted by atomic mass is 10.0. The second-order valence-corrected chi connectivity index (χ2v) is 6.46. The second-order valence-electron chi connectivity index (χ2n) is 6.46. The molecule has 1 aliphatic heterocycles. The maximum absolute atomic E-state index is 12.4. The summed E-state index contributed by atoms with van der Waals surface area (Å²) in [5.41, 5.74) is 1.64. The van der Waals surface area contributed by atoms with Crippen LogP contribution >= 0.6 is 0 Å². The van der Waals surface area contributed by atoms with Gasteiger partial charge in [-0.05, 0) is 38.3 Å². The van der Waals surface area contributed by atoms with Crippen LogP contribution < -0.4 is 5.32 Å². The Labute approximate surface area is 142 Å². The maximum Gasteiger partial charge on any atom is 0.224 e. The summed E-state index contributed by atoms with van der Waals surface area (Å²) in [7, 11) is 0. The first-order valence-electron chi connectivity index (χ1n) is 8.72. The summed E-state index contributed by atoms with van der Waals surface area (Å²) in [6, 6.07) is 10.1. The van der Waals surface area contributed by atoms with Crippen molar-refractivity contribution in [1.82, 2.24) is 9.88 Å². The van der Waals surface area contributed by atoms with E-state index in [-0.39, 0.29) is 12.5 Å². The lowest BCUT2D eigenvalue weighted by molar-refractivity contribution is -0.134. The van der Waals surface area contributed by atoms with E-state index in [1.807, 2.05) is 35.2 Å². The molecular weight excluding hydrogens is 302 g/mol. The third kappa shape index (κ3) is 3.67. The molecule has 1 atom stereocenters. The van der Waals surface area contributed by atoms with Crippen LogP contribution in [0.4, 0.5) is 5.82 Å². The van der Waals surface area contributed by atoms with Crippen molar-refractivity contribution in [2.24, 2.45) is 0 Å². The Morgan fingerprint density at radius 2 is 2.21 bits per heavy atom. The summed E-state index contributed by atoms with van der Waals surface area (Å²) in [6.07, 6.45) is 3.86. The van der Waals surface area contributed by atoms with Crippen LogP contribution in [0.3, 0.4) is 0 Å². The number of likely N-dealkylation sites (tertiary alicyclic amines) is 1. The van der Waals surface area contributed by atoms with Gasteiger partial charge in [-0.15, -0.1) is 0 Å². The quantitative estimate of drug-likeness (QED) is 0.886. The monoisotopic (exact) mass is 327 g/mol. The zero-order chi connectivity index (χ0) is 16.9. The summed E-state index contributed by atoms with van der Waals surface area (Å²) >= 11 is 0. The average Bonchev–Trinajstić information content (AvgIpc) is 2.61. The summed E-state index contributed by atoms with van der Waals surface area (Å²) in [6.45, 7) is 3.45. The van der Waals surface area contributed by atoms with Gasteiger partial charge in [-0.1, -0.05) is 18.2 Å². The molecule has 2 N–H and O–H groups in total. The van der Waals surface area contributed by atoms with Crippen LogP contribution in [0.25, 0.3) is 10.9 Å². The number of para-hydroxylation sites is 1. The molecule has 1 aromatic heterocycles. The van der Waals surface area contributed by atoms with E-state index in [0.29, 0.717) is 24.8 Å². The van der Waals surface area contributed by atoms with Gasteiger partial charge in [-0.25, -0.2) is 4.98 Å². The van der Waals surface area contributed by atoms with Gasteiger partial charge in [0, 0.05) is 36.5 Å². The number of aliphatic hydroxyl groups excluding tert-OH is 1. The number of nitrogens with zero attached hydrogens (tertiary/aromatic N) is 2. The molecule has 3 rings (SSSR count). The van der Waals surface area contributed by atoms with Crippen LogP contribution in [-0.2, 0) is 11.4 Å².